The SMILES string of the molecule is CN1CCC(NC(=O)NCC(C)(C)c2ccccc2)CC1. The molecule has 0 aliphatic carbocycles. The van der Waals surface area contributed by atoms with Crippen molar-refractivity contribution in [3.63, 3.8) is 0 Å². The predicted molar refractivity (Wildman–Crippen MR) is 86.5 cm³/mol. The molecule has 1 fully saturated rings. The van der Waals surface area contributed by atoms with Crippen LogP contribution in [0.15, 0.2) is 30.3 Å². The lowest BCUT2D eigenvalue weighted by Gasteiger charge is -2.30. The summed E-state index contributed by atoms with van der Waals surface area (Å²) < 4.78 is 0. The lowest BCUT2D eigenvalue weighted by molar-refractivity contribution is 0.212. The van der Waals surface area contributed by atoms with Crippen LogP contribution in [0.4, 0.5) is 4.79 Å². The van der Waals surface area contributed by atoms with Gasteiger partial charge >= 0.3 is 6.03 Å². The number of benzene rings is 1. The zero-order valence-electron chi connectivity index (χ0n) is 13.4. The Morgan fingerprint density at radius 2 is 1.86 bits per heavy atom. The fraction of sp³-hybridized carbons (Fsp3) is 0.588. The van der Waals surface area contributed by atoms with E-state index in [-0.39, 0.29) is 11.4 Å². The summed E-state index contributed by atoms with van der Waals surface area (Å²) >= 11 is 0. The van der Waals surface area contributed by atoms with E-state index < -0.39 is 0 Å². The molecule has 21 heavy (non-hydrogen) atoms. The maximum Gasteiger partial charge on any atom is 0.315 e. The number of rotatable bonds is 4. The third-order valence-corrected chi connectivity index (χ3v) is 4.30. The number of hydrogen-bond acceptors (Lipinski definition) is 2. The Morgan fingerprint density at radius 3 is 2.48 bits per heavy atom. The average molecular weight is 289 g/mol. The summed E-state index contributed by atoms with van der Waals surface area (Å²) in [6, 6.07) is 10.6. The van der Waals surface area contributed by atoms with Crippen molar-refractivity contribution in [2.45, 2.75) is 38.1 Å². The summed E-state index contributed by atoms with van der Waals surface area (Å²) in [5.41, 5.74) is 1.18. The van der Waals surface area contributed by atoms with E-state index in [1.54, 1.807) is 0 Å². The number of carbonyl (C=O) groups is 1. The lowest BCUT2D eigenvalue weighted by atomic mass is 9.85. The molecule has 4 heteroatoms. The highest BCUT2D eigenvalue weighted by Crippen LogP contribution is 2.21. The van der Waals surface area contributed by atoms with Gasteiger partial charge in [0.1, 0.15) is 0 Å². The predicted octanol–water partition coefficient (Wildman–Crippen LogP) is 2.36. The molecule has 1 aliphatic rings. The molecule has 1 aliphatic heterocycles. The van der Waals surface area contributed by atoms with Crippen molar-refractivity contribution in [2.24, 2.45) is 0 Å². The highest BCUT2D eigenvalue weighted by molar-refractivity contribution is 5.74. The highest BCUT2D eigenvalue weighted by atomic mass is 16.2. The number of urea groups is 1. The molecule has 0 radical (unpaired) electrons. The molecular weight excluding hydrogens is 262 g/mol. The summed E-state index contributed by atoms with van der Waals surface area (Å²) in [6.45, 7) is 7.05. The smallest absolute Gasteiger partial charge is 0.315 e. The van der Waals surface area contributed by atoms with E-state index in [1.165, 1.54) is 5.56 Å². The number of likely N-dealkylation sites (tertiary alicyclic amines) is 1. The van der Waals surface area contributed by atoms with Crippen molar-refractivity contribution in [2.75, 3.05) is 26.7 Å². The number of carbonyl (C=O) groups excluding carboxylic acids is 1. The molecule has 1 heterocycles. The molecule has 2 amide bonds. The summed E-state index contributed by atoms with van der Waals surface area (Å²) in [5, 5.41) is 6.10. The molecule has 2 rings (SSSR count). The first-order valence-corrected chi connectivity index (χ1v) is 7.76. The molecule has 0 atom stereocenters. The Labute approximate surface area is 127 Å². The van der Waals surface area contributed by atoms with Gasteiger partial charge in [0.05, 0.1) is 0 Å². The summed E-state index contributed by atoms with van der Waals surface area (Å²) in [6.07, 6.45) is 2.07. The molecule has 116 valence electrons. The Morgan fingerprint density at radius 1 is 1.24 bits per heavy atom. The number of hydrogen-bond donors (Lipinski definition) is 2. The molecule has 0 unspecified atom stereocenters. The molecule has 0 saturated carbocycles. The van der Waals surface area contributed by atoms with E-state index in [0.29, 0.717) is 12.6 Å². The zero-order valence-corrected chi connectivity index (χ0v) is 13.4. The van der Waals surface area contributed by atoms with Gasteiger partial charge in [-0.25, -0.2) is 4.79 Å². The first kappa shape index (κ1) is 15.8. The minimum atomic E-state index is -0.0641. The quantitative estimate of drug-likeness (QED) is 0.893. The third kappa shape index (κ3) is 4.74. The van der Waals surface area contributed by atoms with Gasteiger partial charge in [0, 0.05) is 18.0 Å². The van der Waals surface area contributed by atoms with Crippen molar-refractivity contribution < 1.29 is 4.79 Å². The lowest BCUT2D eigenvalue weighted by Crippen LogP contribution is -2.49. The van der Waals surface area contributed by atoms with Crippen LogP contribution in [0, 0.1) is 0 Å². The molecule has 1 saturated heterocycles. The van der Waals surface area contributed by atoms with Crippen molar-refractivity contribution in [1.29, 1.82) is 0 Å². The van der Waals surface area contributed by atoms with E-state index >= 15 is 0 Å². The monoisotopic (exact) mass is 289 g/mol. The Balaban J connectivity index is 1.78. The minimum absolute atomic E-state index is 0.0476. The van der Waals surface area contributed by atoms with E-state index in [9.17, 15) is 4.79 Å². The van der Waals surface area contributed by atoms with Crippen LogP contribution < -0.4 is 10.6 Å². The number of amides is 2. The van der Waals surface area contributed by atoms with Crippen LogP contribution in [0.3, 0.4) is 0 Å². The van der Waals surface area contributed by atoms with Crippen molar-refractivity contribution in [3.05, 3.63) is 35.9 Å². The molecule has 0 aromatic heterocycles. The van der Waals surface area contributed by atoms with Gasteiger partial charge in [-0.15, -0.1) is 0 Å². The number of nitrogens with zero attached hydrogens (tertiary/aromatic N) is 1. The molecule has 0 bridgehead atoms. The van der Waals surface area contributed by atoms with Crippen LogP contribution in [-0.2, 0) is 5.41 Å². The van der Waals surface area contributed by atoms with Crippen molar-refractivity contribution >= 4 is 6.03 Å². The van der Waals surface area contributed by atoms with Gasteiger partial charge in [-0.3, -0.25) is 0 Å². The second-order valence-electron chi connectivity index (χ2n) is 6.65. The zero-order chi connectivity index (χ0) is 15.3. The maximum atomic E-state index is 12.0. The van der Waals surface area contributed by atoms with E-state index in [4.69, 9.17) is 0 Å². The van der Waals surface area contributed by atoms with Gasteiger partial charge in [0.2, 0.25) is 0 Å². The topological polar surface area (TPSA) is 44.4 Å². The van der Waals surface area contributed by atoms with Crippen molar-refractivity contribution in [1.82, 2.24) is 15.5 Å². The van der Waals surface area contributed by atoms with Gasteiger partial charge in [-0.05, 0) is 38.5 Å². The van der Waals surface area contributed by atoms with Gasteiger partial charge < -0.3 is 15.5 Å². The fourth-order valence-corrected chi connectivity index (χ4v) is 2.68. The van der Waals surface area contributed by atoms with Gasteiger partial charge in [0.25, 0.3) is 0 Å². The van der Waals surface area contributed by atoms with Crippen molar-refractivity contribution in [3.8, 4) is 0 Å². The molecule has 4 nitrogen and oxygen atoms in total. The van der Waals surface area contributed by atoms with E-state index in [2.05, 4.69) is 48.6 Å². The standard InChI is InChI=1S/C17H27N3O/c1-17(2,14-7-5-4-6-8-14)13-18-16(21)19-15-9-11-20(3)12-10-15/h4-8,15H,9-13H2,1-3H3,(H2,18,19,21). The first-order valence-electron chi connectivity index (χ1n) is 7.76. The van der Waals surface area contributed by atoms with Gasteiger partial charge in [-0.2, -0.15) is 0 Å². The largest absolute Gasteiger partial charge is 0.337 e. The summed E-state index contributed by atoms with van der Waals surface area (Å²) in [5.74, 6) is 0. The van der Waals surface area contributed by atoms with Crippen LogP contribution in [0.25, 0.3) is 0 Å². The second kappa shape index (κ2) is 6.94. The number of nitrogens with one attached hydrogen (secondary N) is 2. The van der Waals surface area contributed by atoms with Crippen LogP contribution in [-0.4, -0.2) is 43.7 Å². The highest BCUT2D eigenvalue weighted by Gasteiger charge is 2.22. The van der Waals surface area contributed by atoms with E-state index in [0.717, 1.165) is 25.9 Å². The minimum Gasteiger partial charge on any atom is -0.337 e. The Bertz CT molecular complexity index is 450. The normalized spacial score (nSPS) is 17.5. The van der Waals surface area contributed by atoms with Gasteiger partial charge in [-0.1, -0.05) is 44.2 Å². The first-order chi connectivity index (χ1) is 9.97. The van der Waals surface area contributed by atoms with Crippen LogP contribution >= 0.6 is 0 Å². The van der Waals surface area contributed by atoms with Gasteiger partial charge in [0.15, 0.2) is 0 Å². The van der Waals surface area contributed by atoms with Crippen LogP contribution in [0.5, 0.6) is 0 Å². The summed E-state index contributed by atoms with van der Waals surface area (Å²) in [7, 11) is 2.12. The maximum absolute atomic E-state index is 12.0. The molecular formula is C17H27N3O. The Hall–Kier alpha value is -1.55. The fourth-order valence-electron chi connectivity index (χ4n) is 2.68. The second-order valence-corrected chi connectivity index (χ2v) is 6.65. The average Bonchev–Trinajstić information content (AvgIpc) is 2.49. The van der Waals surface area contributed by atoms with Crippen LogP contribution in [0.2, 0.25) is 0 Å². The summed E-state index contributed by atoms with van der Waals surface area (Å²) in [4.78, 5) is 14.3. The number of piperidine rings is 1. The molecule has 2 N–H and O–H groups in total. The van der Waals surface area contributed by atoms with E-state index in [1.807, 2.05) is 18.2 Å². The molecule has 0 spiro atoms. The molecule has 1 aromatic rings. The van der Waals surface area contributed by atoms with Crippen LogP contribution in [0.1, 0.15) is 32.3 Å². The molecule has 1 aromatic carbocycles. The third-order valence-electron chi connectivity index (χ3n) is 4.30. The Kier molecular flexibility index (Phi) is 5.23.